The smallest absolute Gasteiger partial charge is 0.292 e. The molecule has 2 amide bonds. The number of benzene rings is 2. The predicted octanol–water partition coefficient (Wildman–Crippen LogP) is 5.82. The van der Waals surface area contributed by atoms with Crippen molar-refractivity contribution in [3.05, 3.63) is 114 Å². The molecule has 0 spiro atoms. The molecule has 2 heterocycles. The van der Waals surface area contributed by atoms with E-state index in [1.165, 1.54) is 46.9 Å². The van der Waals surface area contributed by atoms with Crippen LogP contribution in [0.5, 0.6) is 0 Å². The summed E-state index contributed by atoms with van der Waals surface area (Å²) in [7, 11) is 0. The largest absolute Gasteiger partial charge is 0.316 e. The van der Waals surface area contributed by atoms with Crippen LogP contribution in [-0.2, 0) is 0 Å². The number of para-hydroxylation sites is 4. The second-order valence-corrected chi connectivity index (χ2v) is 8.31. The number of amides is 2. The first-order valence-corrected chi connectivity index (χ1v) is 11.3. The van der Waals surface area contributed by atoms with E-state index in [9.17, 15) is 29.8 Å². The maximum absolute atomic E-state index is 11.7. The van der Waals surface area contributed by atoms with E-state index in [2.05, 4.69) is 10.6 Å². The molecule has 0 saturated heterocycles. The van der Waals surface area contributed by atoms with Crippen molar-refractivity contribution in [1.82, 2.24) is 0 Å². The van der Waals surface area contributed by atoms with E-state index in [0.29, 0.717) is 9.75 Å². The van der Waals surface area contributed by atoms with Gasteiger partial charge in [0.25, 0.3) is 23.2 Å². The predicted molar refractivity (Wildman–Crippen MR) is 131 cm³/mol. The number of hydrogen-bond acceptors (Lipinski definition) is 8. The Bertz CT molecular complexity index is 1200. The van der Waals surface area contributed by atoms with Gasteiger partial charge < -0.3 is 10.6 Å². The van der Waals surface area contributed by atoms with Crippen molar-refractivity contribution < 1.29 is 19.4 Å². The van der Waals surface area contributed by atoms with Gasteiger partial charge in [-0.1, -0.05) is 36.4 Å². The molecule has 0 unspecified atom stereocenters. The quantitative estimate of drug-likeness (QED) is 0.254. The zero-order chi connectivity index (χ0) is 24.5. The van der Waals surface area contributed by atoms with Crippen LogP contribution >= 0.6 is 22.7 Å². The molecular formula is C22H16N4O6S2. The molecule has 2 aromatic carbocycles. The Morgan fingerprint density at radius 1 is 0.618 bits per heavy atom. The zero-order valence-corrected chi connectivity index (χ0v) is 18.9. The summed E-state index contributed by atoms with van der Waals surface area (Å²) in [5.74, 6) is -0.677. The van der Waals surface area contributed by atoms with Crippen LogP contribution in [0, 0.1) is 20.2 Å². The average Bonchev–Trinajstić information content (AvgIpc) is 3.54. The first-order chi connectivity index (χ1) is 16.4. The van der Waals surface area contributed by atoms with Crippen molar-refractivity contribution in [2.45, 2.75) is 0 Å². The number of anilines is 2. The molecule has 2 N–H and O–H groups in total. The van der Waals surface area contributed by atoms with Gasteiger partial charge in [0.1, 0.15) is 11.4 Å². The summed E-state index contributed by atoms with van der Waals surface area (Å²) in [5.41, 5.74) is 0.182. The molecule has 0 aliphatic rings. The van der Waals surface area contributed by atoms with E-state index in [4.69, 9.17) is 0 Å². The second kappa shape index (κ2) is 11.4. The first-order valence-electron chi connectivity index (χ1n) is 9.53. The zero-order valence-electron chi connectivity index (χ0n) is 17.2. The molecule has 0 radical (unpaired) electrons. The minimum absolute atomic E-state index is 0.114. The molecule has 172 valence electrons. The van der Waals surface area contributed by atoms with Crippen LogP contribution < -0.4 is 10.6 Å². The van der Waals surface area contributed by atoms with Crippen molar-refractivity contribution in [2.24, 2.45) is 0 Å². The van der Waals surface area contributed by atoms with Gasteiger partial charge in [0, 0.05) is 12.1 Å². The Labute approximate surface area is 200 Å². The molecule has 2 aromatic heterocycles. The summed E-state index contributed by atoms with van der Waals surface area (Å²) in [4.78, 5) is 44.9. The second-order valence-electron chi connectivity index (χ2n) is 6.41. The Kier molecular flexibility index (Phi) is 8.16. The summed E-state index contributed by atoms with van der Waals surface area (Å²) in [6.07, 6.45) is 0. The molecule has 0 atom stereocenters. The molecular weight excluding hydrogens is 480 g/mol. The lowest BCUT2D eigenvalue weighted by Gasteiger charge is -2.03. The third-order valence-corrected chi connectivity index (χ3v) is 5.93. The molecule has 34 heavy (non-hydrogen) atoms. The summed E-state index contributed by atoms with van der Waals surface area (Å²) >= 11 is 2.57. The number of carbonyl (C=O) groups excluding carboxylic acids is 2. The van der Waals surface area contributed by atoms with E-state index >= 15 is 0 Å². The fourth-order valence-electron chi connectivity index (χ4n) is 2.66. The summed E-state index contributed by atoms with van der Waals surface area (Å²) in [6, 6.07) is 18.9. The Morgan fingerprint density at radius 2 is 1.00 bits per heavy atom. The van der Waals surface area contributed by atoms with Crippen LogP contribution in [0.3, 0.4) is 0 Å². The molecule has 0 aliphatic heterocycles. The number of nitrogens with one attached hydrogen (secondary N) is 2. The SMILES string of the molecule is O=C(Nc1ccccc1[N+](=O)[O-])c1cccs1.O=C(Nc1ccccc1[N+](=O)[O-])c1cccs1. The minimum atomic E-state index is -0.524. The number of carbonyl (C=O) groups is 2. The van der Waals surface area contributed by atoms with Crippen molar-refractivity contribution in [3.8, 4) is 0 Å². The van der Waals surface area contributed by atoms with Gasteiger partial charge in [-0.3, -0.25) is 29.8 Å². The van der Waals surface area contributed by atoms with Crippen LogP contribution in [0.1, 0.15) is 19.3 Å². The fourth-order valence-corrected chi connectivity index (χ4v) is 3.90. The van der Waals surface area contributed by atoms with Crippen molar-refractivity contribution in [3.63, 3.8) is 0 Å². The van der Waals surface area contributed by atoms with Gasteiger partial charge in [-0.2, -0.15) is 0 Å². The van der Waals surface area contributed by atoms with Gasteiger partial charge >= 0.3 is 0 Å². The summed E-state index contributed by atoms with van der Waals surface area (Å²) in [6.45, 7) is 0. The van der Waals surface area contributed by atoms with Crippen molar-refractivity contribution >= 4 is 57.2 Å². The van der Waals surface area contributed by atoms with E-state index in [1.807, 2.05) is 0 Å². The van der Waals surface area contributed by atoms with Crippen LogP contribution in [0.2, 0.25) is 0 Å². The topological polar surface area (TPSA) is 144 Å². The van der Waals surface area contributed by atoms with Crippen LogP contribution in [0.4, 0.5) is 22.7 Å². The van der Waals surface area contributed by atoms with Gasteiger partial charge in [-0.05, 0) is 35.0 Å². The average molecular weight is 497 g/mol. The maximum Gasteiger partial charge on any atom is 0.292 e. The molecule has 10 nitrogen and oxygen atoms in total. The standard InChI is InChI=1S/2C11H8N2O3S/c2*14-11(10-6-3-7-17-10)12-8-4-1-2-5-9(8)13(15)16/h2*1-7H,(H,12,14). The number of hydrogen-bond donors (Lipinski definition) is 2. The van der Waals surface area contributed by atoms with Crippen LogP contribution in [-0.4, -0.2) is 21.7 Å². The van der Waals surface area contributed by atoms with E-state index in [0.717, 1.165) is 0 Å². The number of rotatable bonds is 6. The Morgan fingerprint density at radius 3 is 1.32 bits per heavy atom. The van der Waals surface area contributed by atoms with E-state index in [-0.39, 0.29) is 34.6 Å². The highest BCUT2D eigenvalue weighted by Crippen LogP contribution is 2.25. The maximum atomic E-state index is 11.7. The normalized spacial score (nSPS) is 9.88. The molecule has 4 rings (SSSR count). The molecule has 12 heteroatoms. The van der Waals surface area contributed by atoms with Crippen molar-refractivity contribution in [2.75, 3.05) is 10.6 Å². The number of thiophene rings is 2. The van der Waals surface area contributed by atoms with Crippen LogP contribution in [0.15, 0.2) is 83.6 Å². The number of nitro groups is 2. The van der Waals surface area contributed by atoms with Gasteiger partial charge in [0.2, 0.25) is 0 Å². The molecule has 0 saturated carbocycles. The highest BCUT2D eigenvalue weighted by Gasteiger charge is 2.17. The highest BCUT2D eigenvalue weighted by molar-refractivity contribution is 7.12. The lowest BCUT2D eigenvalue weighted by Crippen LogP contribution is -2.11. The Balaban J connectivity index is 0.000000191. The van der Waals surface area contributed by atoms with Crippen LogP contribution in [0.25, 0.3) is 0 Å². The molecule has 0 aliphatic carbocycles. The van der Waals surface area contributed by atoms with Gasteiger partial charge in [-0.25, -0.2) is 0 Å². The minimum Gasteiger partial charge on any atom is -0.316 e. The molecule has 0 bridgehead atoms. The lowest BCUT2D eigenvalue weighted by atomic mass is 10.2. The van der Waals surface area contributed by atoms with Crippen molar-refractivity contribution in [1.29, 1.82) is 0 Å². The summed E-state index contributed by atoms with van der Waals surface area (Å²) in [5, 5.41) is 30.1. The highest BCUT2D eigenvalue weighted by atomic mass is 32.1. The van der Waals surface area contributed by atoms with Gasteiger partial charge in [0.05, 0.1) is 19.6 Å². The molecule has 0 fully saturated rings. The van der Waals surface area contributed by atoms with Gasteiger partial charge in [0.15, 0.2) is 0 Å². The van der Waals surface area contributed by atoms with E-state index in [1.54, 1.807) is 59.3 Å². The fraction of sp³-hybridized carbons (Fsp3) is 0. The number of nitrogens with zero attached hydrogens (tertiary/aromatic N) is 2. The van der Waals surface area contributed by atoms with E-state index < -0.39 is 9.85 Å². The lowest BCUT2D eigenvalue weighted by molar-refractivity contribution is -0.384. The third kappa shape index (κ3) is 6.31. The van der Waals surface area contributed by atoms with Gasteiger partial charge in [-0.15, -0.1) is 22.7 Å². The molecule has 4 aromatic rings. The Hall–Kier alpha value is -4.42. The first kappa shape index (κ1) is 24.2. The number of nitro benzene ring substituents is 2. The summed E-state index contributed by atoms with van der Waals surface area (Å²) < 4.78 is 0. The monoisotopic (exact) mass is 496 g/mol. The third-order valence-electron chi connectivity index (χ3n) is 4.19.